The van der Waals surface area contributed by atoms with Crippen LogP contribution in [0, 0.1) is 24.5 Å². The van der Waals surface area contributed by atoms with Gasteiger partial charge in [0.1, 0.15) is 23.1 Å². The van der Waals surface area contributed by atoms with Crippen molar-refractivity contribution >= 4 is 0 Å². The van der Waals surface area contributed by atoms with Crippen molar-refractivity contribution in [1.82, 2.24) is 0 Å². The molecule has 0 heterocycles. The van der Waals surface area contributed by atoms with E-state index in [1.165, 1.54) is 82.1 Å². The Kier molecular flexibility index (Phi) is 17.4. The van der Waals surface area contributed by atoms with Crippen molar-refractivity contribution < 1.29 is 31.4 Å². The van der Waals surface area contributed by atoms with Gasteiger partial charge in [0, 0.05) is 23.3 Å². The zero-order valence-electron chi connectivity index (χ0n) is 31.2. The van der Waals surface area contributed by atoms with Gasteiger partial charge >= 0.3 is 6.18 Å². The molecule has 7 heteroatoms. The molecule has 286 valence electrons. The lowest BCUT2D eigenvalue weighted by Crippen LogP contribution is -2.04. The largest absolute Gasteiger partial charge is 0.493 e. The molecule has 0 N–H and O–H groups in total. The molecule has 0 saturated carbocycles. The lowest BCUT2D eigenvalue weighted by atomic mass is 9.91. The quantitative estimate of drug-likeness (QED) is 0.0405. The second-order valence-corrected chi connectivity index (χ2v) is 14.1. The SMILES string of the molecule is C=CCC(CCCCCCCCOc1ccc(-c2ccc(C)cc2)c(F)c1)CCCCCCCCOc1ccc(-c2ccc(C(F)(F)F)cc2)c(F)c1. The van der Waals surface area contributed by atoms with E-state index in [2.05, 4.69) is 12.7 Å². The van der Waals surface area contributed by atoms with Crippen molar-refractivity contribution in [3.8, 4) is 33.8 Å². The highest BCUT2D eigenvalue weighted by molar-refractivity contribution is 5.66. The molecule has 1 unspecified atom stereocenters. The summed E-state index contributed by atoms with van der Waals surface area (Å²) in [7, 11) is 0. The van der Waals surface area contributed by atoms with Crippen LogP contribution in [0.3, 0.4) is 0 Å². The number of allylic oxidation sites excluding steroid dienone is 1. The number of rotatable bonds is 24. The van der Waals surface area contributed by atoms with Crippen LogP contribution in [-0.4, -0.2) is 13.2 Å². The van der Waals surface area contributed by atoms with Gasteiger partial charge in [-0.1, -0.05) is 125 Å². The third kappa shape index (κ3) is 14.7. The summed E-state index contributed by atoms with van der Waals surface area (Å²) in [6.07, 6.45) is 14.9. The van der Waals surface area contributed by atoms with Gasteiger partial charge in [-0.25, -0.2) is 8.78 Å². The Morgan fingerprint density at radius 2 is 0.981 bits per heavy atom. The van der Waals surface area contributed by atoms with Crippen molar-refractivity contribution in [2.24, 2.45) is 5.92 Å². The molecule has 0 fully saturated rings. The summed E-state index contributed by atoms with van der Waals surface area (Å²) in [4.78, 5) is 0. The van der Waals surface area contributed by atoms with E-state index in [0.29, 0.717) is 41.8 Å². The summed E-state index contributed by atoms with van der Waals surface area (Å²) < 4.78 is 79.3. The van der Waals surface area contributed by atoms with Gasteiger partial charge in [0.15, 0.2) is 0 Å². The molecule has 0 amide bonds. The highest BCUT2D eigenvalue weighted by Gasteiger charge is 2.30. The van der Waals surface area contributed by atoms with E-state index in [0.717, 1.165) is 61.8 Å². The Hall–Kier alpha value is -4.13. The van der Waals surface area contributed by atoms with Gasteiger partial charge in [-0.2, -0.15) is 13.2 Å². The Morgan fingerprint density at radius 3 is 1.40 bits per heavy atom. The fraction of sp³-hybridized carbons (Fsp3) is 0.435. The molecule has 4 aromatic rings. The van der Waals surface area contributed by atoms with Crippen molar-refractivity contribution in [2.75, 3.05) is 13.2 Å². The van der Waals surface area contributed by atoms with E-state index in [1.54, 1.807) is 18.2 Å². The highest BCUT2D eigenvalue weighted by atomic mass is 19.4. The molecule has 0 radical (unpaired) electrons. The Bertz CT molecular complexity index is 1650. The monoisotopic (exact) mass is 734 g/mol. The molecular formula is C46H55F5O2. The summed E-state index contributed by atoms with van der Waals surface area (Å²) in [5, 5.41) is 0. The second-order valence-electron chi connectivity index (χ2n) is 14.1. The van der Waals surface area contributed by atoms with Crippen LogP contribution in [-0.2, 0) is 6.18 Å². The first-order valence-corrected chi connectivity index (χ1v) is 19.3. The number of benzene rings is 4. The third-order valence-electron chi connectivity index (χ3n) is 9.82. The number of aryl methyl sites for hydroxylation is 1. The minimum atomic E-state index is -4.42. The highest BCUT2D eigenvalue weighted by Crippen LogP contribution is 2.33. The van der Waals surface area contributed by atoms with Gasteiger partial charge in [0.2, 0.25) is 0 Å². The Labute approximate surface area is 313 Å². The molecule has 53 heavy (non-hydrogen) atoms. The van der Waals surface area contributed by atoms with Crippen LogP contribution in [0.1, 0.15) is 107 Å². The normalized spacial score (nSPS) is 12.1. The predicted molar refractivity (Wildman–Crippen MR) is 207 cm³/mol. The molecule has 4 rings (SSSR count). The van der Waals surface area contributed by atoms with Crippen molar-refractivity contribution in [2.45, 2.75) is 109 Å². The maximum absolute atomic E-state index is 14.7. The number of ether oxygens (including phenoxy) is 2. The van der Waals surface area contributed by atoms with Gasteiger partial charge in [-0.3, -0.25) is 0 Å². The lowest BCUT2D eigenvalue weighted by Gasteiger charge is -2.15. The van der Waals surface area contributed by atoms with E-state index in [9.17, 15) is 22.0 Å². The lowest BCUT2D eigenvalue weighted by molar-refractivity contribution is -0.137. The summed E-state index contributed by atoms with van der Waals surface area (Å²) >= 11 is 0. The van der Waals surface area contributed by atoms with Crippen LogP contribution in [0.25, 0.3) is 22.3 Å². The van der Waals surface area contributed by atoms with Gasteiger partial charge in [-0.15, -0.1) is 6.58 Å². The minimum Gasteiger partial charge on any atom is -0.493 e. The van der Waals surface area contributed by atoms with Crippen LogP contribution >= 0.6 is 0 Å². The van der Waals surface area contributed by atoms with E-state index < -0.39 is 17.6 Å². The first-order valence-electron chi connectivity index (χ1n) is 19.3. The van der Waals surface area contributed by atoms with E-state index in [4.69, 9.17) is 9.47 Å². The molecule has 0 aliphatic rings. The third-order valence-corrected chi connectivity index (χ3v) is 9.82. The number of hydrogen-bond acceptors (Lipinski definition) is 2. The van der Waals surface area contributed by atoms with Crippen LogP contribution in [0.5, 0.6) is 11.5 Å². The maximum atomic E-state index is 14.7. The molecule has 0 aliphatic heterocycles. The molecule has 0 saturated heterocycles. The molecule has 1 atom stereocenters. The number of alkyl halides is 3. The zero-order valence-corrected chi connectivity index (χ0v) is 31.2. The second kappa shape index (κ2) is 22.2. The maximum Gasteiger partial charge on any atom is 0.416 e. The van der Waals surface area contributed by atoms with Crippen LogP contribution < -0.4 is 9.47 Å². The average Bonchev–Trinajstić information content (AvgIpc) is 3.13. The first kappa shape index (κ1) is 41.6. The molecule has 0 aliphatic carbocycles. The number of unbranched alkanes of at least 4 members (excludes halogenated alkanes) is 10. The molecule has 4 aromatic carbocycles. The van der Waals surface area contributed by atoms with Gasteiger partial charge in [0.25, 0.3) is 0 Å². The van der Waals surface area contributed by atoms with Crippen LogP contribution in [0.15, 0.2) is 97.6 Å². The van der Waals surface area contributed by atoms with E-state index in [-0.39, 0.29) is 11.4 Å². The van der Waals surface area contributed by atoms with Crippen LogP contribution in [0.4, 0.5) is 22.0 Å². The summed E-state index contributed by atoms with van der Waals surface area (Å²) in [5.41, 5.74) is 2.49. The van der Waals surface area contributed by atoms with Gasteiger partial charge < -0.3 is 9.47 Å². The van der Waals surface area contributed by atoms with E-state index in [1.807, 2.05) is 37.3 Å². The average molecular weight is 735 g/mol. The summed E-state index contributed by atoms with van der Waals surface area (Å²) in [6.45, 7) is 7.10. The molecule has 0 aromatic heterocycles. The van der Waals surface area contributed by atoms with Gasteiger partial charge in [0.05, 0.1) is 18.8 Å². The number of halogens is 5. The van der Waals surface area contributed by atoms with Crippen LogP contribution in [0.2, 0.25) is 0 Å². The topological polar surface area (TPSA) is 18.5 Å². The molecule has 0 bridgehead atoms. The fourth-order valence-corrected chi connectivity index (χ4v) is 6.69. The fourth-order valence-electron chi connectivity index (χ4n) is 6.69. The molecular weight excluding hydrogens is 679 g/mol. The Morgan fingerprint density at radius 1 is 0.566 bits per heavy atom. The minimum absolute atomic E-state index is 0.243. The number of hydrogen-bond donors (Lipinski definition) is 0. The smallest absolute Gasteiger partial charge is 0.416 e. The zero-order chi connectivity index (χ0) is 37.9. The van der Waals surface area contributed by atoms with Gasteiger partial charge in [-0.05, 0) is 79.6 Å². The van der Waals surface area contributed by atoms with Crippen molar-refractivity contribution in [1.29, 1.82) is 0 Å². The standard InChI is InChI=1S/C46H55F5O2/c1-3-16-36(17-12-8-4-6-10-14-31-52-40-27-29-42(44(47)33-40)37-21-19-35(2)20-22-37)18-13-9-5-7-11-15-32-53-41-28-30-43(45(48)34-41)38-23-25-39(26-24-38)46(49,50)51/h3,19-30,33-34,36H,1,4-18,31-32H2,2H3. The summed E-state index contributed by atoms with van der Waals surface area (Å²) in [5.74, 6) is 0.933. The Balaban J connectivity index is 0.978. The molecule has 2 nitrogen and oxygen atoms in total. The molecule has 0 spiro atoms. The predicted octanol–water partition coefficient (Wildman–Crippen LogP) is 14.7. The summed E-state index contributed by atoms with van der Waals surface area (Å²) in [6, 6.07) is 22.0. The van der Waals surface area contributed by atoms with Crippen molar-refractivity contribution in [3.63, 3.8) is 0 Å². The van der Waals surface area contributed by atoms with Crippen molar-refractivity contribution in [3.05, 3.63) is 120 Å². The first-order chi connectivity index (χ1) is 25.6. The van der Waals surface area contributed by atoms with E-state index >= 15 is 0 Å².